The van der Waals surface area contributed by atoms with E-state index in [0.29, 0.717) is 16.7 Å². The Kier molecular flexibility index (Phi) is 11.3. The van der Waals surface area contributed by atoms with Crippen LogP contribution in [0.15, 0.2) is 58.5 Å². The molecule has 1 aromatic carbocycles. The summed E-state index contributed by atoms with van der Waals surface area (Å²) in [5.74, 6) is 1.33. The van der Waals surface area contributed by atoms with E-state index in [9.17, 15) is 8.42 Å². The van der Waals surface area contributed by atoms with Gasteiger partial charge in [-0.1, -0.05) is 96.9 Å². The van der Waals surface area contributed by atoms with Crippen LogP contribution >= 0.6 is 0 Å². The maximum atomic E-state index is 13.3. The zero-order chi connectivity index (χ0) is 34.3. The first-order valence-electron chi connectivity index (χ1n) is 18.1. The topological polar surface area (TPSA) is 52.6 Å². The molecule has 46 heavy (non-hydrogen) atoms. The number of hydrogen-bond donors (Lipinski definition) is 0. The number of sulfone groups is 1. The SMILES string of the molecule is C[C@H](CS(=O)(=O)c1ccccc1)[C@H]1CC[C@H]2/C(=C/C=C3C[C@@H](O[Si](C)(C)C(C)(C)C)C[C@H](O[Si](C)(C)C(C)(C)C)C3)CCC[C@]12C. The van der Waals surface area contributed by atoms with Crippen molar-refractivity contribution in [2.45, 2.75) is 160 Å². The lowest BCUT2D eigenvalue weighted by atomic mass is 9.61. The summed E-state index contributed by atoms with van der Waals surface area (Å²) in [5.41, 5.74) is 3.20. The minimum atomic E-state index is -3.30. The van der Waals surface area contributed by atoms with Gasteiger partial charge >= 0.3 is 0 Å². The highest BCUT2D eigenvalue weighted by Gasteiger charge is 2.51. The van der Waals surface area contributed by atoms with Crippen LogP contribution in [0.4, 0.5) is 0 Å². The standard InChI is InChI=1S/C39H66O4SSi2/c1-29(28-44(40,41)34-18-14-13-15-19-34)35-22-23-36-31(17-16-24-39(35,36)8)21-20-30-25-32(42-45(9,10)37(2,3)4)27-33(26-30)43-46(11,12)38(5,6)7/h13-15,18-21,29,32-33,35-36H,16-17,22-28H2,1-12H3/b31-21+/t29-,32-,33-,35-,36+,39-/m1/s1. The van der Waals surface area contributed by atoms with Crippen LogP contribution in [-0.2, 0) is 18.7 Å². The van der Waals surface area contributed by atoms with E-state index in [0.717, 1.165) is 32.1 Å². The minimum absolute atomic E-state index is 0.137. The molecule has 3 aliphatic rings. The summed E-state index contributed by atoms with van der Waals surface area (Å²) < 4.78 is 40.7. The van der Waals surface area contributed by atoms with Gasteiger partial charge in [-0.15, -0.1) is 0 Å². The van der Waals surface area contributed by atoms with E-state index in [1.165, 1.54) is 24.8 Å². The largest absolute Gasteiger partial charge is 0.414 e. The highest BCUT2D eigenvalue weighted by molar-refractivity contribution is 7.91. The van der Waals surface area contributed by atoms with Crippen molar-refractivity contribution in [3.05, 3.63) is 53.6 Å². The smallest absolute Gasteiger partial charge is 0.192 e. The van der Waals surface area contributed by atoms with Crippen LogP contribution in [0, 0.1) is 23.2 Å². The van der Waals surface area contributed by atoms with Crippen LogP contribution in [0.3, 0.4) is 0 Å². The minimum Gasteiger partial charge on any atom is -0.414 e. The average Bonchev–Trinajstić information content (AvgIpc) is 3.28. The Bertz CT molecular complexity index is 1330. The van der Waals surface area contributed by atoms with Crippen molar-refractivity contribution >= 4 is 26.5 Å². The predicted octanol–water partition coefficient (Wildman–Crippen LogP) is 11.1. The Morgan fingerprint density at radius 2 is 1.43 bits per heavy atom. The first-order valence-corrected chi connectivity index (χ1v) is 25.5. The van der Waals surface area contributed by atoms with E-state index in [4.69, 9.17) is 8.85 Å². The van der Waals surface area contributed by atoms with Gasteiger partial charge in [0.2, 0.25) is 0 Å². The van der Waals surface area contributed by atoms with Crippen LogP contribution in [0.2, 0.25) is 36.3 Å². The van der Waals surface area contributed by atoms with Crippen molar-refractivity contribution in [2.24, 2.45) is 23.2 Å². The first-order chi connectivity index (χ1) is 21.1. The highest BCUT2D eigenvalue weighted by atomic mass is 32.2. The fourth-order valence-electron chi connectivity index (χ4n) is 8.26. The van der Waals surface area contributed by atoms with Gasteiger partial charge in [0.1, 0.15) is 0 Å². The molecule has 0 amide bonds. The van der Waals surface area contributed by atoms with Gasteiger partial charge in [-0.2, -0.15) is 0 Å². The highest BCUT2D eigenvalue weighted by Crippen LogP contribution is 2.59. The Morgan fingerprint density at radius 1 is 0.891 bits per heavy atom. The van der Waals surface area contributed by atoms with E-state index >= 15 is 0 Å². The van der Waals surface area contributed by atoms with Gasteiger partial charge in [-0.3, -0.25) is 0 Å². The normalized spacial score (nSPS) is 29.9. The Hall–Kier alpha value is -0.996. The van der Waals surface area contributed by atoms with Crippen molar-refractivity contribution < 1.29 is 17.3 Å². The summed E-state index contributed by atoms with van der Waals surface area (Å²) in [7, 11) is -7.13. The number of hydrogen-bond acceptors (Lipinski definition) is 4. The van der Waals surface area contributed by atoms with E-state index in [1.807, 2.05) is 18.2 Å². The molecular weight excluding hydrogens is 621 g/mol. The monoisotopic (exact) mass is 686 g/mol. The Morgan fingerprint density at radius 3 is 1.96 bits per heavy atom. The second-order valence-electron chi connectivity index (χ2n) is 18.4. The van der Waals surface area contributed by atoms with Crippen molar-refractivity contribution in [3.8, 4) is 0 Å². The number of fused-ring (bicyclic) bond motifs is 1. The summed E-state index contributed by atoms with van der Waals surface area (Å²) in [4.78, 5) is 0.455. The first kappa shape index (κ1) is 37.8. The fraction of sp³-hybridized carbons (Fsp3) is 0.744. The molecule has 0 unspecified atom stereocenters. The maximum Gasteiger partial charge on any atom is 0.192 e. The van der Waals surface area contributed by atoms with Gasteiger partial charge < -0.3 is 8.85 Å². The van der Waals surface area contributed by atoms with Gasteiger partial charge in [-0.25, -0.2) is 8.42 Å². The van der Waals surface area contributed by atoms with Gasteiger partial charge in [0.05, 0.1) is 22.9 Å². The molecule has 0 radical (unpaired) electrons. The van der Waals surface area contributed by atoms with E-state index in [-0.39, 0.29) is 39.4 Å². The number of allylic oxidation sites excluding steroid dienone is 3. The molecule has 0 aromatic heterocycles. The summed E-state index contributed by atoms with van der Waals surface area (Å²) in [6, 6.07) is 9.02. The molecule has 0 saturated heterocycles. The van der Waals surface area contributed by atoms with Crippen molar-refractivity contribution in [1.29, 1.82) is 0 Å². The van der Waals surface area contributed by atoms with Crippen LogP contribution in [0.5, 0.6) is 0 Å². The average molecular weight is 687 g/mol. The lowest BCUT2D eigenvalue weighted by Crippen LogP contribution is -2.48. The molecule has 7 heteroatoms. The second-order valence-corrected chi connectivity index (χ2v) is 29.9. The zero-order valence-corrected chi connectivity index (χ0v) is 34.1. The quantitative estimate of drug-likeness (QED) is 0.243. The third kappa shape index (κ3) is 8.41. The van der Waals surface area contributed by atoms with Crippen molar-refractivity contribution in [3.63, 3.8) is 0 Å². The van der Waals surface area contributed by atoms with Crippen LogP contribution in [-0.4, -0.2) is 43.0 Å². The molecule has 1 aromatic rings. The number of rotatable bonds is 9. The van der Waals surface area contributed by atoms with E-state index in [1.54, 1.807) is 17.7 Å². The van der Waals surface area contributed by atoms with Crippen molar-refractivity contribution in [2.75, 3.05) is 5.75 Å². The van der Waals surface area contributed by atoms with E-state index < -0.39 is 26.5 Å². The molecule has 3 aliphatic carbocycles. The van der Waals surface area contributed by atoms with Crippen LogP contribution in [0.1, 0.15) is 107 Å². The predicted molar refractivity (Wildman–Crippen MR) is 200 cm³/mol. The molecule has 0 bridgehead atoms. The lowest BCUT2D eigenvalue weighted by Gasteiger charge is -2.45. The number of benzene rings is 1. The van der Waals surface area contributed by atoms with Crippen LogP contribution < -0.4 is 0 Å². The summed E-state index contributed by atoms with van der Waals surface area (Å²) >= 11 is 0. The second kappa shape index (κ2) is 13.7. The van der Waals surface area contributed by atoms with Gasteiger partial charge in [0.15, 0.2) is 26.5 Å². The molecule has 0 spiro atoms. The van der Waals surface area contributed by atoms with Crippen LogP contribution in [0.25, 0.3) is 0 Å². The molecule has 0 heterocycles. The van der Waals surface area contributed by atoms with E-state index in [2.05, 4.69) is 93.7 Å². The zero-order valence-electron chi connectivity index (χ0n) is 31.3. The molecule has 6 atom stereocenters. The molecular formula is C39H66O4SSi2. The van der Waals surface area contributed by atoms with Gasteiger partial charge in [-0.05, 0) is 123 Å². The van der Waals surface area contributed by atoms with Crippen molar-refractivity contribution in [1.82, 2.24) is 0 Å². The molecule has 0 N–H and O–H groups in total. The Balaban J connectivity index is 1.55. The molecule has 260 valence electrons. The molecule has 4 nitrogen and oxygen atoms in total. The molecule has 0 aliphatic heterocycles. The van der Waals surface area contributed by atoms with Gasteiger partial charge in [0, 0.05) is 0 Å². The molecule has 3 fully saturated rings. The van der Waals surface area contributed by atoms with Gasteiger partial charge in [0.25, 0.3) is 0 Å². The third-order valence-electron chi connectivity index (χ3n) is 12.9. The third-order valence-corrected chi connectivity index (χ3v) is 23.9. The molecule has 4 rings (SSSR count). The summed E-state index contributed by atoms with van der Waals surface area (Å²) in [6.07, 6.45) is 14.1. The lowest BCUT2D eigenvalue weighted by molar-refractivity contribution is 0.0725. The molecule has 3 saturated carbocycles. The Labute approximate surface area is 285 Å². The summed E-state index contributed by atoms with van der Waals surface area (Å²) in [5, 5.41) is 0.352. The maximum absolute atomic E-state index is 13.3. The summed E-state index contributed by atoms with van der Waals surface area (Å²) in [6.45, 7) is 28.2. The fourth-order valence-corrected chi connectivity index (χ4v) is 12.7.